The van der Waals surface area contributed by atoms with Gasteiger partial charge in [0.25, 0.3) is 0 Å². The molecule has 1 fully saturated rings. The Balaban J connectivity index is 1.43. The van der Waals surface area contributed by atoms with E-state index in [0.717, 1.165) is 40.3 Å². The molecule has 0 aromatic heterocycles. The minimum absolute atomic E-state index is 0.279. The van der Waals surface area contributed by atoms with Gasteiger partial charge in [-0.15, -0.1) is 5.21 Å². The molecule has 154 valence electrons. The second-order valence-electron chi connectivity index (χ2n) is 9.87. The van der Waals surface area contributed by atoms with E-state index in [4.69, 9.17) is 4.74 Å². The lowest BCUT2D eigenvalue weighted by Crippen LogP contribution is -2.46. The summed E-state index contributed by atoms with van der Waals surface area (Å²) in [7, 11) is 0. The van der Waals surface area contributed by atoms with Crippen LogP contribution in [-0.2, 0) is 27.6 Å². The molecule has 0 saturated carbocycles. The van der Waals surface area contributed by atoms with E-state index < -0.39 is 23.0 Å². The van der Waals surface area contributed by atoms with Crippen molar-refractivity contribution in [3.63, 3.8) is 0 Å². The minimum atomic E-state index is -0.691. The van der Waals surface area contributed by atoms with Crippen molar-refractivity contribution in [2.75, 3.05) is 19.6 Å². The number of benzene rings is 1. The second-order valence-corrected chi connectivity index (χ2v) is 9.87. The zero-order valence-electron chi connectivity index (χ0n) is 17.3. The monoisotopic (exact) mass is 388 g/mol. The largest absolute Gasteiger partial charge is 0.487 e. The number of rotatable bonds is 4. The zero-order chi connectivity index (χ0) is 20.3. The van der Waals surface area contributed by atoms with Crippen LogP contribution in [-0.4, -0.2) is 54.2 Å². The molecule has 3 aliphatic rings. The summed E-state index contributed by atoms with van der Waals surface area (Å²) in [4.78, 5) is 0. The zero-order valence-corrected chi connectivity index (χ0v) is 17.3. The van der Waals surface area contributed by atoms with Crippen LogP contribution in [0, 0.1) is 0 Å². The molecule has 3 atom stereocenters. The Hall–Kier alpha value is -1.18. The van der Waals surface area contributed by atoms with Crippen molar-refractivity contribution in [1.82, 2.24) is 10.4 Å². The lowest BCUT2D eigenvalue weighted by molar-refractivity contribution is -0.169. The van der Waals surface area contributed by atoms with Crippen molar-refractivity contribution >= 4 is 0 Å². The number of piperidine rings is 1. The summed E-state index contributed by atoms with van der Waals surface area (Å²) in [6.07, 6.45) is 0.706. The number of hydrogen-bond acceptors (Lipinski definition) is 4. The first-order chi connectivity index (χ1) is 13.1. The summed E-state index contributed by atoms with van der Waals surface area (Å²) in [5, 5.41) is 39.3. The van der Waals surface area contributed by atoms with Gasteiger partial charge in [0.2, 0.25) is 0 Å². The Labute approximate surface area is 167 Å². The van der Waals surface area contributed by atoms with Gasteiger partial charge < -0.3 is 15.2 Å². The molecule has 1 aromatic carbocycles. The van der Waals surface area contributed by atoms with Crippen LogP contribution in [0.5, 0.6) is 5.75 Å². The summed E-state index contributed by atoms with van der Waals surface area (Å²) in [6.45, 7) is 9.66. The Morgan fingerprint density at radius 3 is 2.43 bits per heavy atom. The number of fused-ring (bicyclic) bond motifs is 2. The maximum atomic E-state index is 12.9. The Kier molecular flexibility index (Phi) is 5.00. The highest BCUT2D eigenvalue weighted by atomic mass is 16.5. The standard InChI is InChI=1S/C22H32N2O4/c1-21(2)15-9-13-10-19(17(25)12-23-14-5-7-24(27)8-6-14)28-18(13)11-16(15)22(3,4)20(21)26/h9,11,14,17,19-20,23,25H,5-8,10,12H2,1-4H3. The second kappa shape index (κ2) is 6.96. The highest BCUT2D eigenvalue weighted by Crippen LogP contribution is 2.52. The number of aliphatic hydroxyl groups excluding tert-OH is 1. The van der Waals surface area contributed by atoms with E-state index in [9.17, 15) is 15.4 Å². The molecule has 2 aliphatic heterocycles. The van der Waals surface area contributed by atoms with Crippen LogP contribution < -0.4 is 10.1 Å². The molecule has 0 amide bonds. The quantitative estimate of drug-likeness (QED) is 0.827. The van der Waals surface area contributed by atoms with E-state index >= 15 is 0 Å². The Morgan fingerprint density at radius 2 is 1.79 bits per heavy atom. The molecule has 1 aliphatic carbocycles. The average Bonchev–Trinajstić information content (AvgIpc) is 3.13. The number of hydroxylamine groups is 2. The summed E-state index contributed by atoms with van der Waals surface area (Å²) < 4.78 is 6.10. The van der Waals surface area contributed by atoms with Gasteiger partial charge in [-0.25, -0.2) is 5.11 Å². The molecule has 3 unspecified atom stereocenters. The Morgan fingerprint density at radius 1 is 1.18 bits per heavy atom. The van der Waals surface area contributed by atoms with Crippen molar-refractivity contribution < 1.29 is 20.2 Å². The first-order valence-corrected chi connectivity index (χ1v) is 10.4. The van der Waals surface area contributed by atoms with E-state index in [1.807, 2.05) is 33.8 Å². The first kappa shape index (κ1) is 20.1. The Bertz CT molecular complexity index is 695. The molecule has 28 heavy (non-hydrogen) atoms. The van der Waals surface area contributed by atoms with Gasteiger partial charge in [-0.05, 0) is 35.6 Å². The van der Waals surface area contributed by atoms with Crippen LogP contribution in [0.15, 0.2) is 12.1 Å². The molecule has 1 saturated heterocycles. The fourth-order valence-corrected chi connectivity index (χ4v) is 5.26. The number of nitrogens with zero attached hydrogens (tertiary/aromatic N) is 1. The van der Waals surface area contributed by atoms with Crippen molar-refractivity contribution in [3.8, 4) is 5.75 Å². The molecule has 6 heteroatoms. The summed E-state index contributed by atoms with van der Waals surface area (Å²) in [6, 6.07) is 4.45. The lowest BCUT2D eigenvalue weighted by atomic mass is 9.78. The molecule has 2 radical (unpaired) electrons. The predicted octanol–water partition coefficient (Wildman–Crippen LogP) is 2.12. The molecule has 0 spiro atoms. The molecule has 4 rings (SSSR count). The fourth-order valence-electron chi connectivity index (χ4n) is 5.26. The molecule has 2 N–H and O–H groups in total. The smallest absolute Gasteiger partial charge is 0.130 e. The van der Waals surface area contributed by atoms with E-state index in [1.54, 1.807) is 0 Å². The molecule has 0 bridgehead atoms. The van der Waals surface area contributed by atoms with Gasteiger partial charge >= 0.3 is 0 Å². The van der Waals surface area contributed by atoms with Gasteiger partial charge in [0, 0.05) is 42.9 Å². The molecule has 1 aromatic rings. The van der Waals surface area contributed by atoms with Gasteiger partial charge in [0.15, 0.2) is 0 Å². The van der Waals surface area contributed by atoms with E-state index in [1.165, 1.54) is 0 Å². The van der Waals surface area contributed by atoms with Gasteiger partial charge in [-0.2, -0.15) is 5.06 Å². The van der Waals surface area contributed by atoms with E-state index in [0.29, 0.717) is 26.1 Å². The highest BCUT2D eigenvalue weighted by Gasteiger charge is 2.52. The average molecular weight is 389 g/mol. The van der Waals surface area contributed by atoms with Crippen LogP contribution in [0.3, 0.4) is 0 Å². The van der Waals surface area contributed by atoms with Crippen LogP contribution in [0.1, 0.15) is 57.2 Å². The number of ether oxygens (including phenoxy) is 1. The first-order valence-electron chi connectivity index (χ1n) is 10.4. The van der Waals surface area contributed by atoms with Crippen LogP contribution in [0.4, 0.5) is 0 Å². The summed E-state index contributed by atoms with van der Waals surface area (Å²) >= 11 is 0. The topological polar surface area (TPSA) is 84.5 Å². The van der Waals surface area contributed by atoms with Gasteiger partial charge in [0.05, 0.1) is 0 Å². The van der Waals surface area contributed by atoms with Crippen molar-refractivity contribution in [3.05, 3.63) is 28.8 Å². The van der Waals surface area contributed by atoms with Gasteiger partial charge in [0.1, 0.15) is 24.1 Å². The summed E-state index contributed by atoms with van der Waals surface area (Å²) in [5.74, 6) is 0.806. The van der Waals surface area contributed by atoms with E-state index in [2.05, 4.69) is 11.4 Å². The number of aliphatic hydroxyl groups is 1. The predicted molar refractivity (Wildman–Crippen MR) is 104 cm³/mol. The molecule has 6 nitrogen and oxygen atoms in total. The normalized spacial score (nSPS) is 30.0. The SMILES string of the molecule is CC1(C)c2cc3c(cc2C(C)(C)C1[O])OC(C(O)CNC1CCN([O])CC1)C3. The molecule has 2 heterocycles. The van der Waals surface area contributed by atoms with Gasteiger partial charge in [-0.1, -0.05) is 33.8 Å². The maximum absolute atomic E-state index is 12.9. The van der Waals surface area contributed by atoms with E-state index in [-0.39, 0.29) is 12.1 Å². The van der Waals surface area contributed by atoms with Crippen molar-refractivity contribution in [2.24, 2.45) is 0 Å². The third-order valence-corrected chi connectivity index (χ3v) is 7.10. The minimum Gasteiger partial charge on any atom is -0.487 e. The van der Waals surface area contributed by atoms with Crippen LogP contribution in [0.2, 0.25) is 0 Å². The molecular formula is C22H32N2O4. The fraction of sp³-hybridized carbons (Fsp3) is 0.727. The van der Waals surface area contributed by atoms with Gasteiger partial charge in [-0.3, -0.25) is 0 Å². The highest BCUT2D eigenvalue weighted by molar-refractivity contribution is 5.55. The third kappa shape index (κ3) is 3.25. The third-order valence-electron chi connectivity index (χ3n) is 7.10. The van der Waals surface area contributed by atoms with Crippen LogP contribution >= 0.6 is 0 Å². The maximum Gasteiger partial charge on any atom is 0.130 e. The van der Waals surface area contributed by atoms with Crippen molar-refractivity contribution in [1.29, 1.82) is 0 Å². The molecular weight excluding hydrogens is 356 g/mol. The summed E-state index contributed by atoms with van der Waals surface area (Å²) in [5.41, 5.74) is 2.43. The number of nitrogens with one attached hydrogen (secondary N) is 1. The van der Waals surface area contributed by atoms with Crippen molar-refractivity contribution in [2.45, 2.75) is 82.1 Å². The van der Waals surface area contributed by atoms with Crippen LogP contribution in [0.25, 0.3) is 0 Å². The lowest BCUT2D eigenvalue weighted by Gasteiger charge is -2.29. The number of hydrogen-bond donors (Lipinski definition) is 2.